The summed E-state index contributed by atoms with van der Waals surface area (Å²) in [5.74, 6) is 0. The Hall–Kier alpha value is -4.56. The summed E-state index contributed by atoms with van der Waals surface area (Å²) in [6.07, 6.45) is 3.69. The molecule has 0 bridgehead atoms. The van der Waals surface area contributed by atoms with E-state index in [4.69, 9.17) is 4.98 Å². The molecule has 34 heavy (non-hydrogen) atoms. The van der Waals surface area contributed by atoms with Crippen molar-refractivity contribution in [1.82, 2.24) is 9.97 Å². The van der Waals surface area contributed by atoms with Crippen molar-refractivity contribution in [2.24, 2.45) is 0 Å². The van der Waals surface area contributed by atoms with Gasteiger partial charge < -0.3 is 0 Å². The molecule has 1 aliphatic carbocycles. The van der Waals surface area contributed by atoms with Gasteiger partial charge in [0.15, 0.2) is 0 Å². The minimum atomic E-state index is 0.982. The zero-order valence-corrected chi connectivity index (χ0v) is 18.4. The summed E-state index contributed by atoms with van der Waals surface area (Å²) in [6.45, 7) is 0. The van der Waals surface area contributed by atoms with Crippen LogP contribution in [0.1, 0.15) is 0 Å². The van der Waals surface area contributed by atoms with E-state index < -0.39 is 0 Å². The van der Waals surface area contributed by atoms with Gasteiger partial charge in [0.2, 0.25) is 0 Å². The number of aromatic nitrogens is 2. The van der Waals surface area contributed by atoms with Crippen LogP contribution in [-0.2, 0) is 0 Å². The van der Waals surface area contributed by atoms with E-state index >= 15 is 0 Å². The molecule has 0 spiro atoms. The zero-order valence-electron chi connectivity index (χ0n) is 18.4. The second kappa shape index (κ2) is 7.50. The van der Waals surface area contributed by atoms with Crippen molar-refractivity contribution in [3.8, 4) is 55.9 Å². The van der Waals surface area contributed by atoms with Gasteiger partial charge >= 0.3 is 0 Å². The van der Waals surface area contributed by atoms with Gasteiger partial charge in [-0.15, -0.1) is 0 Å². The highest BCUT2D eigenvalue weighted by molar-refractivity contribution is 6.21. The molecule has 0 fully saturated rings. The Labute approximate surface area is 198 Å². The van der Waals surface area contributed by atoms with Crippen LogP contribution in [0.15, 0.2) is 122 Å². The number of hydrogen-bond acceptors (Lipinski definition) is 2. The lowest BCUT2D eigenvalue weighted by Crippen LogP contribution is -1.98. The van der Waals surface area contributed by atoms with E-state index in [0.29, 0.717) is 0 Å². The second-order valence-corrected chi connectivity index (χ2v) is 8.61. The molecule has 0 radical (unpaired) electrons. The first kappa shape index (κ1) is 19.0. The largest absolute Gasteiger partial charge is 0.265 e. The minimum absolute atomic E-state index is 0.982. The Morgan fingerprint density at radius 2 is 0.971 bits per heavy atom. The third-order valence-corrected chi connectivity index (χ3v) is 6.70. The van der Waals surface area contributed by atoms with Gasteiger partial charge in [0.05, 0.1) is 11.4 Å². The van der Waals surface area contributed by atoms with Crippen molar-refractivity contribution >= 4 is 10.8 Å². The summed E-state index contributed by atoms with van der Waals surface area (Å²) in [5.41, 5.74) is 11.5. The summed E-state index contributed by atoms with van der Waals surface area (Å²) in [7, 11) is 0. The van der Waals surface area contributed by atoms with Crippen LogP contribution in [0, 0.1) is 0 Å². The Balaban J connectivity index is 1.71. The minimum Gasteiger partial charge on any atom is -0.265 e. The first-order valence-electron chi connectivity index (χ1n) is 11.5. The molecular formula is C32H20N2. The fourth-order valence-electron chi connectivity index (χ4n) is 5.28. The third kappa shape index (κ3) is 2.76. The molecule has 0 aliphatic heterocycles. The standard InChI is InChI=1S/C32H20N2/c1-3-9-22(10-4-1)28-29-25-15-7-13-21-14-8-16-26(27(21)25)30(29)32(23-11-5-2-6-12-23)34-31(28)24-17-19-33-20-18-24/h1-20H. The average Bonchev–Trinajstić information content (AvgIpc) is 3.26. The number of rotatable bonds is 3. The molecule has 0 amide bonds. The van der Waals surface area contributed by atoms with E-state index in [9.17, 15) is 0 Å². The molecule has 0 N–H and O–H groups in total. The van der Waals surface area contributed by atoms with E-state index in [1.54, 1.807) is 0 Å². The number of hydrogen-bond donors (Lipinski definition) is 0. The van der Waals surface area contributed by atoms with Crippen molar-refractivity contribution < 1.29 is 0 Å². The maximum atomic E-state index is 5.40. The fourth-order valence-corrected chi connectivity index (χ4v) is 5.28. The van der Waals surface area contributed by atoms with Crippen LogP contribution in [0.2, 0.25) is 0 Å². The van der Waals surface area contributed by atoms with Gasteiger partial charge in [-0.2, -0.15) is 0 Å². The van der Waals surface area contributed by atoms with E-state index in [2.05, 4.69) is 114 Å². The highest BCUT2D eigenvalue weighted by Gasteiger charge is 2.30. The average molecular weight is 433 g/mol. The van der Waals surface area contributed by atoms with Crippen LogP contribution in [0.3, 0.4) is 0 Å². The highest BCUT2D eigenvalue weighted by Crippen LogP contribution is 2.55. The Morgan fingerprint density at radius 3 is 1.65 bits per heavy atom. The van der Waals surface area contributed by atoms with Crippen LogP contribution in [0.25, 0.3) is 66.7 Å². The van der Waals surface area contributed by atoms with Gasteiger partial charge in [0.1, 0.15) is 0 Å². The normalized spacial score (nSPS) is 11.5. The molecule has 158 valence electrons. The predicted molar refractivity (Wildman–Crippen MR) is 140 cm³/mol. The predicted octanol–water partition coefficient (Wildman–Crippen LogP) is 8.28. The molecule has 0 atom stereocenters. The van der Waals surface area contributed by atoms with Crippen LogP contribution in [0.4, 0.5) is 0 Å². The van der Waals surface area contributed by atoms with Crippen molar-refractivity contribution in [2.45, 2.75) is 0 Å². The molecule has 6 aromatic rings. The monoisotopic (exact) mass is 432 g/mol. The third-order valence-electron chi connectivity index (χ3n) is 6.70. The lowest BCUT2D eigenvalue weighted by Gasteiger charge is -2.19. The Bertz CT molecular complexity index is 1670. The Morgan fingerprint density at radius 1 is 0.412 bits per heavy atom. The van der Waals surface area contributed by atoms with Crippen molar-refractivity contribution in [1.29, 1.82) is 0 Å². The lowest BCUT2D eigenvalue weighted by atomic mass is 9.88. The summed E-state index contributed by atoms with van der Waals surface area (Å²) >= 11 is 0. The SMILES string of the molecule is c1ccc(-c2nc(-c3ccncc3)c(-c3ccccc3)c3c2-c2cccc4cccc-3c24)cc1. The van der Waals surface area contributed by atoms with Crippen LogP contribution >= 0.6 is 0 Å². The molecule has 2 aromatic heterocycles. The molecule has 7 rings (SSSR count). The topological polar surface area (TPSA) is 25.8 Å². The molecule has 1 aliphatic rings. The van der Waals surface area contributed by atoms with E-state index in [1.807, 2.05) is 12.4 Å². The van der Waals surface area contributed by atoms with Crippen molar-refractivity contribution in [3.63, 3.8) is 0 Å². The number of fused-ring (bicyclic) bond motifs is 3. The van der Waals surface area contributed by atoms with Gasteiger partial charge in [0.25, 0.3) is 0 Å². The van der Waals surface area contributed by atoms with Gasteiger partial charge in [-0.25, -0.2) is 4.98 Å². The summed E-state index contributed by atoms with van der Waals surface area (Å²) in [5, 5.41) is 2.57. The van der Waals surface area contributed by atoms with Crippen LogP contribution in [0.5, 0.6) is 0 Å². The van der Waals surface area contributed by atoms with E-state index in [1.165, 1.54) is 44.2 Å². The molecule has 2 heteroatoms. The lowest BCUT2D eigenvalue weighted by molar-refractivity contribution is 1.29. The molecule has 4 aromatic carbocycles. The quantitative estimate of drug-likeness (QED) is 0.281. The maximum absolute atomic E-state index is 5.40. The molecule has 2 heterocycles. The van der Waals surface area contributed by atoms with Gasteiger partial charge in [-0.3, -0.25) is 4.98 Å². The van der Waals surface area contributed by atoms with Crippen LogP contribution < -0.4 is 0 Å². The molecular weight excluding hydrogens is 412 g/mol. The first-order valence-corrected chi connectivity index (χ1v) is 11.5. The van der Waals surface area contributed by atoms with Crippen molar-refractivity contribution in [2.75, 3.05) is 0 Å². The van der Waals surface area contributed by atoms with E-state index in [0.717, 1.165) is 22.5 Å². The van der Waals surface area contributed by atoms with Crippen LogP contribution in [-0.4, -0.2) is 9.97 Å². The second-order valence-electron chi connectivity index (χ2n) is 8.61. The number of benzene rings is 4. The fraction of sp³-hybridized carbons (Fsp3) is 0. The maximum Gasteiger partial charge on any atom is 0.0795 e. The van der Waals surface area contributed by atoms with Gasteiger partial charge in [-0.1, -0.05) is 97.1 Å². The number of pyridine rings is 2. The molecule has 0 saturated carbocycles. The van der Waals surface area contributed by atoms with Gasteiger partial charge in [-0.05, 0) is 39.6 Å². The summed E-state index contributed by atoms with van der Waals surface area (Å²) in [4.78, 5) is 9.67. The van der Waals surface area contributed by atoms with E-state index in [-0.39, 0.29) is 0 Å². The summed E-state index contributed by atoms with van der Waals surface area (Å²) in [6, 6.07) is 38.5. The van der Waals surface area contributed by atoms with Gasteiger partial charge in [0, 0.05) is 40.2 Å². The Kier molecular flexibility index (Phi) is 4.18. The first-order chi connectivity index (χ1) is 16.9. The molecule has 0 unspecified atom stereocenters. The molecule has 2 nitrogen and oxygen atoms in total. The number of nitrogens with zero attached hydrogens (tertiary/aromatic N) is 2. The summed E-state index contributed by atoms with van der Waals surface area (Å²) < 4.78 is 0. The zero-order chi connectivity index (χ0) is 22.5. The molecule has 0 saturated heterocycles. The van der Waals surface area contributed by atoms with Crippen molar-refractivity contribution in [3.05, 3.63) is 122 Å². The highest BCUT2D eigenvalue weighted by atomic mass is 14.7. The smallest absolute Gasteiger partial charge is 0.0795 e.